The predicted molar refractivity (Wildman–Crippen MR) is 108 cm³/mol. The zero-order valence-corrected chi connectivity index (χ0v) is 15.6. The Labute approximate surface area is 164 Å². The van der Waals surface area contributed by atoms with Gasteiger partial charge in [0.15, 0.2) is 0 Å². The van der Waals surface area contributed by atoms with Crippen LogP contribution in [0.25, 0.3) is 11.3 Å². The lowest BCUT2D eigenvalue weighted by Crippen LogP contribution is -2.05. The zero-order valence-electron chi connectivity index (χ0n) is 15.6. The van der Waals surface area contributed by atoms with E-state index < -0.39 is 5.97 Å². The molecule has 5 nitrogen and oxygen atoms in total. The molecule has 2 aliphatic rings. The van der Waals surface area contributed by atoms with Crippen molar-refractivity contribution in [2.75, 3.05) is 7.11 Å². The summed E-state index contributed by atoms with van der Waals surface area (Å²) in [6.07, 6.45) is 9.63. The van der Waals surface area contributed by atoms with Gasteiger partial charge in [-0.05, 0) is 41.5 Å². The molecule has 3 aromatic rings. The number of rotatable bonds is 3. The molecule has 1 aromatic heterocycles. The Balaban J connectivity index is 0.000000138. The summed E-state index contributed by atoms with van der Waals surface area (Å²) in [5.74, 6) is 1.19. The number of ether oxygens (including phenoxy) is 1. The molecule has 1 saturated carbocycles. The lowest BCUT2D eigenvalue weighted by molar-refractivity contribution is 0.0587. The van der Waals surface area contributed by atoms with Crippen molar-refractivity contribution in [1.29, 1.82) is 0 Å². The molecule has 0 bridgehead atoms. The molecule has 0 radical (unpaired) electrons. The third-order valence-corrected chi connectivity index (χ3v) is 4.86. The molecule has 0 N–H and O–H groups in total. The van der Waals surface area contributed by atoms with Crippen LogP contribution in [0.4, 0.5) is 0 Å². The minimum absolute atomic E-state index is 0.0568. The van der Waals surface area contributed by atoms with Crippen molar-refractivity contribution >= 4 is 11.5 Å². The van der Waals surface area contributed by atoms with Crippen molar-refractivity contribution in [2.45, 2.75) is 6.42 Å². The molecule has 1 heterocycles. The van der Waals surface area contributed by atoms with Crippen LogP contribution in [0, 0.1) is 11.8 Å². The molecule has 0 aliphatic heterocycles. The van der Waals surface area contributed by atoms with Gasteiger partial charge in [0.05, 0.1) is 12.8 Å². The number of nitrogens with zero attached hydrogens (tertiary/aromatic N) is 3. The molecule has 2 unspecified atom stereocenters. The lowest BCUT2D eigenvalue weighted by Gasteiger charge is -2.08. The van der Waals surface area contributed by atoms with Gasteiger partial charge in [-0.1, -0.05) is 66.8 Å². The molecule has 2 aliphatic carbocycles. The first-order chi connectivity index (χ1) is 13.8. The molecular weight excluding hydrogens is 350 g/mol. The van der Waals surface area contributed by atoms with E-state index in [1.807, 2.05) is 30.3 Å². The van der Waals surface area contributed by atoms with E-state index in [2.05, 4.69) is 63.4 Å². The largest absolute Gasteiger partial charge is 0.463 e. The van der Waals surface area contributed by atoms with Gasteiger partial charge in [0.25, 0.3) is 5.82 Å². The summed E-state index contributed by atoms with van der Waals surface area (Å²) in [4.78, 5) is 14.9. The fourth-order valence-corrected chi connectivity index (χ4v) is 3.30. The maximum Gasteiger partial charge on any atom is 0.377 e. The maximum atomic E-state index is 11.1. The molecule has 0 amide bonds. The number of carbonyl (C=O) groups is 1. The molecule has 2 atom stereocenters. The van der Waals surface area contributed by atoms with Crippen LogP contribution in [0.5, 0.6) is 0 Å². The summed E-state index contributed by atoms with van der Waals surface area (Å²) in [7, 11) is 1.30. The van der Waals surface area contributed by atoms with Gasteiger partial charge in [0.2, 0.25) is 0 Å². The van der Waals surface area contributed by atoms with Gasteiger partial charge in [-0.25, -0.2) is 14.5 Å². The molecule has 5 rings (SSSR count). The highest BCUT2D eigenvalue weighted by atomic mass is 16.5. The van der Waals surface area contributed by atoms with Gasteiger partial charge in [0, 0.05) is 0 Å². The number of esters is 1. The van der Waals surface area contributed by atoms with Crippen molar-refractivity contribution in [3.05, 3.63) is 96.6 Å². The Morgan fingerprint density at radius 2 is 1.79 bits per heavy atom. The predicted octanol–water partition coefficient (Wildman–Crippen LogP) is 4.33. The Kier molecular flexibility index (Phi) is 5.15. The average Bonchev–Trinajstić information content (AvgIpc) is 3.41. The van der Waals surface area contributed by atoms with Crippen LogP contribution >= 0.6 is 0 Å². The first-order valence-electron chi connectivity index (χ1n) is 9.25. The third-order valence-electron chi connectivity index (χ3n) is 4.86. The SMILES string of the molecule is C1=CC2CC2C(c2ccccc2)=C1.COC(=O)c1ncn(-c2ccccc2)n1. The summed E-state index contributed by atoms with van der Waals surface area (Å²) in [6, 6.07) is 20.1. The molecular formula is C23H21N3O2. The van der Waals surface area contributed by atoms with Crippen LogP contribution in [0.3, 0.4) is 0 Å². The molecule has 0 saturated heterocycles. The Bertz CT molecular complexity index is 1010. The summed E-state index contributed by atoms with van der Waals surface area (Å²) in [6.45, 7) is 0. The quantitative estimate of drug-likeness (QED) is 0.643. The van der Waals surface area contributed by atoms with Gasteiger partial charge in [-0.15, -0.1) is 5.10 Å². The van der Waals surface area contributed by atoms with Gasteiger partial charge < -0.3 is 4.74 Å². The maximum absolute atomic E-state index is 11.1. The number of fused-ring (bicyclic) bond motifs is 1. The fourth-order valence-electron chi connectivity index (χ4n) is 3.30. The Morgan fingerprint density at radius 3 is 2.50 bits per heavy atom. The monoisotopic (exact) mass is 371 g/mol. The van der Waals surface area contributed by atoms with E-state index >= 15 is 0 Å². The molecule has 140 valence electrons. The Morgan fingerprint density at radius 1 is 1.07 bits per heavy atom. The van der Waals surface area contributed by atoms with E-state index in [1.165, 1.54) is 35.7 Å². The summed E-state index contributed by atoms with van der Waals surface area (Å²) >= 11 is 0. The molecule has 0 spiro atoms. The molecule has 1 fully saturated rings. The second kappa shape index (κ2) is 8.05. The van der Waals surface area contributed by atoms with E-state index in [9.17, 15) is 4.79 Å². The first kappa shape index (κ1) is 17.9. The van der Waals surface area contributed by atoms with Crippen LogP contribution in [0.2, 0.25) is 0 Å². The van der Waals surface area contributed by atoms with Gasteiger partial charge in [-0.2, -0.15) is 0 Å². The normalized spacial score (nSPS) is 19.0. The Hall–Kier alpha value is -3.47. The highest BCUT2D eigenvalue weighted by Crippen LogP contribution is 2.50. The molecule has 28 heavy (non-hydrogen) atoms. The van der Waals surface area contributed by atoms with E-state index in [1.54, 1.807) is 0 Å². The van der Waals surface area contributed by atoms with Gasteiger partial charge in [-0.3, -0.25) is 0 Å². The van der Waals surface area contributed by atoms with E-state index in [0.717, 1.165) is 17.5 Å². The number of hydrogen-bond acceptors (Lipinski definition) is 4. The minimum atomic E-state index is -0.537. The average molecular weight is 371 g/mol. The van der Waals surface area contributed by atoms with Crippen molar-refractivity contribution in [2.24, 2.45) is 11.8 Å². The number of carbonyl (C=O) groups excluding carboxylic acids is 1. The smallest absolute Gasteiger partial charge is 0.377 e. The first-order valence-corrected chi connectivity index (χ1v) is 9.25. The number of benzene rings is 2. The van der Waals surface area contributed by atoms with Crippen LogP contribution in [0.1, 0.15) is 22.6 Å². The van der Waals surface area contributed by atoms with Crippen LogP contribution in [0.15, 0.2) is 85.2 Å². The molecule has 2 aromatic carbocycles. The van der Waals surface area contributed by atoms with Crippen LogP contribution in [-0.2, 0) is 4.74 Å². The van der Waals surface area contributed by atoms with Crippen LogP contribution in [-0.4, -0.2) is 27.8 Å². The summed E-state index contributed by atoms with van der Waals surface area (Å²) in [5, 5.41) is 3.98. The van der Waals surface area contributed by atoms with Crippen molar-refractivity contribution in [3.63, 3.8) is 0 Å². The molecule has 5 heteroatoms. The standard InChI is InChI=1S/C13H12.C10H9N3O2/c1-2-5-10(6-3-1)12-8-4-7-11-9-13(11)12;1-15-10(14)9-11-7-13(12-9)8-5-3-2-4-6-8/h1-8,11,13H,9H2;2-7H,1H3. The highest BCUT2D eigenvalue weighted by Gasteiger charge is 2.39. The number of hydrogen-bond donors (Lipinski definition) is 0. The van der Waals surface area contributed by atoms with Crippen molar-refractivity contribution < 1.29 is 9.53 Å². The van der Waals surface area contributed by atoms with Crippen molar-refractivity contribution in [1.82, 2.24) is 14.8 Å². The second-order valence-corrected chi connectivity index (χ2v) is 6.72. The third kappa shape index (κ3) is 3.93. The van der Waals surface area contributed by atoms with E-state index in [0.29, 0.717) is 0 Å². The fraction of sp³-hybridized carbons (Fsp3) is 0.174. The number of aromatic nitrogens is 3. The summed E-state index contributed by atoms with van der Waals surface area (Å²) in [5.41, 5.74) is 3.78. The van der Waals surface area contributed by atoms with Crippen LogP contribution < -0.4 is 0 Å². The van der Waals surface area contributed by atoms with Gasteiger partial charge >= 0.3 is 5.97 Å². The zero-order chi connectivity index (χ0) is 19.3. The van der Waals surface area contributed by atoms with E-state index in [-0.39, 0.29) is 5.82 Å². The van der Waals surface area contributed by atoms with Crippen molar-refractivity contribution in [3.8, 4) is 5.69 Å². The van der Waals surface area contributed by atoms with Gasteiger partial charge in [0.1, 0.15) is 6.33 Å². The lowest BCUT2D eigenvalue weighted by atomic mass is 9.97. The number of methoxy groups -OCH3 is 1. The van der Waals surface area contributed by atoms with E-state index in [4.69, 9.17) is 0 Å². The second-order valence-electron chi connectivity index (χ2n) is 6.72. The number of allylic oxidation sites excluding steroid dienone is 4. The minimum Gasteiger partial charge on any atom is -0.463 e. The highest BCUT2D eigenvalue weighted by molar-refractivity contribution is 5.84. The topological polar surface area (TPSA) is 57.0 Å². The number of para-hydroxylation sites is 1. The summed E-state index contributed by atoms with van der Waals surface area (Å²) < 4.78 is 6.03.